The van der Waals surface area contributed by atoms with Crippen molar-refractivity contribution in [2.24, 2.45) is 0 Å². The molecule has 0 aliphatic carbocycles. The van der Waals surface area contributed by atoms with Gasteiger partial charge < -0.3 is 14.7 Å². The number of anilines is 1. The third-order valence-electron chi connectivity index (χ3n) is 5.36. The number of sulfonamides is 1. The number of nitrogens with zero attached hydrogens (tertiary/aromatic N) is 1. The molecule has 0 amide bonds. The third kappa shape index (κ3) is 9.05. The van der Waals surface area contributed by atoms with Crippen molar-refractivity contribution in [3.63, 3.8) is 0 Å². The SMILES string of the molecule is CCOC(=O)CC(NS(=O)(=O)c1cccc(OCCCCNc2cccc[n+]2O)c1)c1cc(Cl)cc(Cl)c1. The van der Waals surface area contributed by atoms with E-state index in [1.54, 1.807) is 43.3 Å². The Bertz CT molecular complexity index is 1320. The first-order valence-electron chi connectivity index (χ1n) is 12.0. The Morgan fingerprint density at radius 1 is 1.05 bits per heavy atom. The molecule has 1 aromatic heterocycles. The molecule has 204 valence electrons. The summed E-state index contributed by atoms with van der Waals surface area (Å²) in [6.07, 6.45) is 2.77. The molecular formula is C26H30Cl2N3O6S+. The second-order valence-corrected chi connectivity index (χ2v) is 10.9. The molecule has 0 bridgehead atoms. The monoisotopic (exact) mass is 582 g/mol. The van der Waals surface area contributed by atoms with Gasteiger partial charge in [-0.25, -0.2) is 13.1 Å². The average molecular weight is 584 g/mol. The number of esters is 1. The van der Waals surface area contributed by atoms with E-state index in [4.69, 9.17) is 32.7 Å². The zero-order chi connectivity index (χ0) is 27.5. The van der Waals surface area contributed by atoms with E-state index in [9.17, 15) is 18.4 Å². The van der Waals surface area contributed by atoms with Crippen molar-refractivity contribution in [2.45, 2.75) is 37.1 Å². The van der Waals surface area contributed by atoms with Gasteiger partial charge in [0.25, 0.3) is 0 Å². The van der Waals surface area contributed by atoms with Crippen molar-refractivity contribution < 1.29 is 32.6 Å². The number of hydrogen-bond acceptors (Lipinski definition) is 7. The molecule has 0 saturated carbocycles. The number of nitrogens with one attached hydrogen (secondary N) is 2. The highest BCUT2D eigenvalue weighted by atomic mass is 35.5. The largest absolute Gasteiger partial charge is 0.494 e. The number of aromatic nitrogens is 1. The minimum atomic E-state index is -4.05. The van der Waals surface area contributed by atoms with Gasteiger partial charge in [-0.15, -0.1) is 0 Å². The minimum absolute atomic E-state index is 0.0183. The molecule has 12 heteroatoms. The Morgan fingerprint density at radius 2 is 1.82 bits per heavy atom. The lowest BCUT2D eigenvalue weighted by Crippen LogP contribution is -2.33. The van der Waals surface area contributed by atoms with Gasteiger partial charge in [-0.05, 0) is 61.7 Å². The van der Waals surface area contributed by atoms with Crippen molar-refractivity contribution in [2.75, 3.05) is 25.1 Å². The van der Waals surface area contributed by atoms with E-state index in [2.05, 4.69) is 10.0 Å². The van der Waals surface area contributed by atoms with Crippen LogP contribution in [0.3, 0.4) is 0 Å². The Labute approximate surface area is 232 Å². The van der Waals surface area contributed by atoms with Crippen molar-refractivity contribution in [1.82, 2.24) is 4.72 Å². The zero-order valence-electron chi connectivity index (χ0n) is 20.8. The molecule has 9 nitrogen and oxygen atoms in total. The maximum Gasteiger partial charge on any atom is 0.313 e. The van der Waals surface area contributed by atoms with Crippen LogP contribution >= 0.6 is 23.2 Å². The van der Waals surface area contributed by atoms with Gasteiger partial charge in [-0.3, -0.25) is 10.1 Å². The smallest absolute Gasteiger partial charge is 0.313 e. The third-order valence-corrected chi connectivity index (χ3v) is 7.27. The molecule has 0 radical (unpaired) electrons. The van der Waals surface area contributed by atoms with Crippen molar-refractivity contribution in [1.29, 1.82) is 0 Å². The highest BCUT2D eigenvalue weighted by molar-refractivity contribution is 7.89. The van der Waals surface area contributed by atoms with Crippen LogP contribution in [0, 0.1) is 0 Å². The lowest BCUT2D eigenvalue weighted by molar-refractivity contribution is -0.893. The van der Waals surface area contributed by atoms with E-state index in [1.807, 2.05) is 6.07 Å². The minimum Gasteiger partial charge on any atom is -0.494 e. The van der Waals surface area contributed by atoms with Gasteiger partial charge in [0.2, 0.25) is 10.0 Å². The Balaban J connectivity index is 1.62. The molecule has 1 heterocycles. The standard InChI is InChI=1S/C26H29Cl2N3O6S/c1-2-36-26(32)18-24(19-14-20(27)16-21(28)15-19)30-38(34,35)23-9-7-8-22(17-23)37-13-6-4-11-29-25-10-3-5-12-31(25)33/h3,5,7-10,12,14-17,24,30,33H,2,4,6,11,13,18H2,1H3/p+1. The van der Waals surface area contributed by atoms with Gasteiger partial charge in [-0.2, -0.15) is 0 Å². The van der Waals surface area contributed by atoms with Gasteiger partial charge >= 0.3 is 11.8 Å². The second kappa shape index (κ2) is 14.2. The number of benzene rings is 2. The number of halogens is 2. The van der Waals surface area contributed by atoms with Crippen LogP contribution in [-0.2, 0) is 19.6 Å². The van der Waals surface area contributed by atoms with Gasteiger partial charge in [0.05, 0.1) is 37.1 Å². The molecule has 38 heavy (non-hydrogen) atoms. The van der Waals surface area contributed by atoms with E-state index in [0.29, 0.717) is 46.7 Å². The van der Waals surface area contributed by atoms with E-state index in [1.165, 1.54) is 24.4 Å². The predicted molar refractivity (Wildman–Crippen MR) is 144 cm³/mol. The summed E-state index contributed by atoms with van der Waals surface area (Å²) in [4.78, 5) is 12.2. The molecule has 3 rings (SSSR count). The molecule has 0 saturated heterocycles. The molecule has 0 aliphatic heterocycles. The summed E-state index contributed by atoms with van der Waals surface area (Å²) in [7, 11) is -4.05. The van der Waals surface area contributed by atoms with Crippen LogP contribution in [-0.4, -0.2) is 39.4 Å². The maximum absolute atomic E-state index is 13.2. The van der Waals surface area contributed by atoms with E-state index in [-0.39, 0.29) is 17.9 Å². The molecule has 3 aromatic rings. The summed E-state index contributed by atoms with van der Waals surface area (Å²) >= 11 is 12.2. The Hall–Kier alpha value is -3.05. The molecule has 0 spiro atoms. The summed E-state index contributed by atoms with van der Waals surface area (Å²) < 4.78 is 40.8. The fourth-order valence-corrected chi connectivity index (χ4v) is 5.39. The molecule has 0 aliphatic rings. The summed E-state index contributed by atoms with van der Waals surface area (Å²) in [5, 5.41) is 13.4. The van der Waals surface area contributed by atoms with Gasteiger partial charge in [0.15, 0.2) is 0 Å². The van der Waals surface area contributed by atoms with Gasteiger partial charge in [0, 0.05) is 22.2 Å². The molecule has 1 atom stereocenters. The molecule has 1 unspecified atom stereocenters. The Morgan fingerprint density at radius 3 is 2.53 bits per heavy atom. The zero-order valence-corrected chi connectivity index (χ0v) is 23.1. The highest BCUT2D eigenvalue weighted by Crippen LogP contribution is 2.28. The van der Waals surface area contributed by atoms with E-state index >= 15 is 0 Å². The van der Waals surface area contributed by atoms with Crippen molar-refractivity contribution >= 4 is 45.0 Å². The lowest BCUT2D eigenvalue weighted by Gasteiger charge is -2.19. The first-order valence-corrected chi connectivity index (χ1v) is 14.2. The lowest BCUT2D eigenvalue weighted by atomic mass is 10.1. The average Bonchev–Trinajstić information content (AvgIpc) is 2.86. The number of unbranched alkanes of at least 4 members (excludes halogenated alkanes) is 1. The van der Waals surface area contributed by atoms with Crippen LogP contribution in [0.5, 0.6) is 5.75 Å². The van der Waals surface area contributed by atoms with Crippen molar-refractivity contribution in [3.8, 4) is 5.75 Å². The number of rotatable bonds is 14. The number of pyridine rings is 1. The summed E-state index contributed by atoms with van der Waals surface area (Å²) in [5.74, 6) is 0.411. The number of carbonyl (C=O) groups excluding carboxylic acids is 1. The number of ether oxygens (including phenoxy) is 2. The molecule has 3 N–H and O–H groups in total. The number of hydrogen-bond donors (Lipinski definition) is 3. The maximum atomic E-state index is 13.2. The summed E-state index contributed by atoms with van der Waals surface area (Å²) in [6, 6.07) is 15.1. The first kappa shape index (κ1) is 29.5. The van der Waals surface area contributed by atoms with Crippen LogP contribution in [0.15, 0.2) is 71.8 Å². The van der Waals surface area contributed by atoms with Crippen LogP contribution < -0.4 is 19.5 Å². The van der Waals surface area contributed by atoms with E-state index < -0.39 is 22.0 Å². The van der Waals surface area contributed by atoms with Crippen LogP contribution in [0.4, 0.5) is 5.82 Å². The second-order valence-electron chi connectivity index (χ2n) is 8.27. The van der Waals surface area contributed by atoms with Crippen molar-refractivity contribution in [3.05, 3.63) is 82.5 Å². The molecule has 0 fully saturated rings. The number of carbonyl (C=O) groups is 1. The van der Waals surface area contributed by atoms with Crippen LogP contribution in [0.25, 0.3) is 0 Å². The Kier molecular flexibility index (Phi) is 11.0. The first-order chi connectivity index (χ1) is 18.2. The van der Waals surface area contributed by atoms with Crippen LogP contribution in [0.1, 0.15) is 37.8 Å². The van der Waals surface area contributed by atoms with Gasteiger partial charge in [-0.1, -0.05) is 40.1 Å². The quantitative estimate of drug-likeness (QED) is 0.108. The van der Waals surface area contributed by atoms with Crippen LogP contribution in [0.2, 0.25) is 10.0 Å². The fourth-order valence-electron chi connectivity index (χ4n) is 3.59. The fraction of sp³-hybridized carbons (Fsp3) is 0.308. The topological polar surface area (TPSA) is 118 Å². The van der Waals surface area contributed by atoms with Gasteiger partial charge in [0.1, 0.15) is 11.9 Å². The molecule has 2 aromatic carbocycles. The summed E-state index contributed by atoms with van der Waals surface area (Å²) in [5.41, 5.74) is 0.433. The predicted octanol–water partition coefficient (Wildman–Crippen LogP) is 4.76. The van der Waals surface area contributed by atoms with E-state index in [0.717, 1.165) is 11.2 Å². The summed E-state index contributed by atoms with van der Waals surface area (Å²) in [6.45, 7) is 2.83. The normalized spacial score (nSPS) is 12.1. The highest BCUT2D eigenvalue weighted by Gasteiger charge is 2.25. The molecular weight excluding hydrogens is 553 g/mol.